The molecule has 4 nitrogen and oxygen atoms in total. The molecule has 0 aliphatic heterocycles. The van der Waals surface area contributed by atoms with Gasteiger partial charge in [-0.05, 0) is 35.1 Å². The first-order valence-corrected chi connectivity index (χ1v) is 5.14. The minimum absolute atomic E-state index is 0.132. The van der Waals surface area contributed by atoms with Gasteiger partial charge in [0.1, 0.15) is 0 Å². The highest BCUT2D eigenvalue weighted by molar-refractivity contribution is 9.10. The molecule has 82 valence electrons. The maximum Gasteiger partial charge on any atom is 0.180 e. The molecular weight excluding hydrogens is 262 g/mol. The fraction of sp³-hybridized carbons (Fsp3) is 0.300. The molecular formula is C10H12BrNO3. The largest absolute Gasteiger partial charge is 0.504 e. The molecule has 0 heterocycles. The zero-order valence-electron chi connectivity index (χ0n) is 8.50. The second-order valence-corrected chi connectivity index (χ2v) is 3.78. The van der Waals surface area contributed by atoms with Gasteiger partial charge in [-0.1, -0.05) is 0 Å². The Morgan fingerprint density at radius 1 is 1.60 bits per heavy atom. The predicted octanol–water partition coefficient (Wildman–Crippen LogP) is 1.57. The molecule has 0 bridgehead atoms. The summed E-state index contributed by atoms with van der Waals surface area (Å²) in [5.41, 5.74) is 0.254. The van der Waals surface area contributed by atoms with E-state index in [2.05, 4.69) is 21.2 Å². The van der Waals surface area contributed by atoms with Crippen molar-refractivity contribution in [1.29, 1.82) is 0 Å². The number of phenolic OH excluding ortho intramolecular Hbond substituents is 1. The summed E-state index contributed by atoms with van der Waals surface area (Å²) in [5, 5.41) is 12.5. The average Bonchev–Trinajstić information content (AvgIpc) is 2.18. The highest BCUT2D eigenvalue weighted by Gasteiger charge is 2.16. The fourth-order valence-electron chi connectivity index (χ4n) is 1.22. The van der Waals surface area contributed by atoms with Crippen molar-refractivity contribution in [3.63, 3.8) is 0 Å². The third-order valence-corrected chi connectivity index (χ3v) is 2.55. The van der Waals surface area contributed by atoms with Crippen LogP contribution in [0.25, 0.3) is 0 Å². The number of rotatable bonds is 4. The summed E-state index contributed by atoms with van der Waals surface area (Å²) in [6.07, 6.45) is 0. The lowest BCUT2D eigenvalue weighted by molar-refractivity contribution is 0.0990. The van der Waals surface area contributed by atoms with Gasteiger partial charge in [-0.2, -0.15) is 0 Å². The van der Waals surface area contributed by atoms with Crippen molar-refractivity contribution in [1.82, 2.24) is 5.32 Å². The van der Waals surface area contributed by atoms with Gasteiger partial charge in [0.05, 0.1) is 23.7 Å². The molecule has 0 saturated carbocycles. The maximum absolute atomic E-state index is 11.6. The van der Waals surface area contributed by atoms with Crippen molar-refractivity contribution >= 4 is 21.7 Å². The van der Waals surface area contributed by atoms with Crippen LogP contribution in [0.5, 0.6) is 11.5 Å². The first kappa shape index (κ1) is 12.0. The van der Waals surface area contributed by atoms with Gasteiger partial charge in [-0.3, -0.25) is 4.79 Å². The zero-order valence-corrected chi connectivity index (χ0v) is 10.1. The highest BCUT2D eigenvalue weighted by Crippen LogP contribution is 2.37. The number of ether oxygens (including phenoxy) is 1. The van der Waals surface area contributed by atoms with E-state index in [0.29, 0.717) is 4.47 Å². The summed E-state index contributed by atoms with van der Waals surface area (Å²) in [5.74, 6) is -0.0371. The molecule has 0 spiro atoms. The average molecular weight is 274 g/mol. The van der Waals surface area contributed by atoms with Gasteiger partial charge in [0, 0.05) is 0 Å². The Bertz CT molecular complexity index is 379. The number of carbonyl (C=O) groups is 1. The lowest BCUT2D eigenvalue weighted by Crippen LogP contribution is -2.18. The lowest BCUT2D eigenvalue weighted by atomic mass is 10.1. The van der Waals surface area contributed by atoms with Crippen LogP contribution in [0.1, 0.15) is 10.4 Å². The molecule has 1 rings (SSSR count). The number of phenols is 1. The van der Waals surface area contributed by atoms with Crippen LogP contribution < -0.4 is 10.1 Å². The summed E-state index contributed by atoms with van der Waals surface area (Å²) >= 11 is 3.22. The molecule has 1 aromatic rings. The summed E-state index contributed by atoms with van der Waals surface area (Å²) in [6, 6.07) is 3.23. The lowest BCUT2D eigenvalue weighted by Gasteiger charge is -2.09. The van der Waals surface area contributed by atoms with E-state index in [1.54, 1.807) is 19.2 Å². The van der Waals surface area contributed by atoms with Crippen LogP contribution in [0, 0.1) is 0 Å². The molecule has 0 aromatic heterocycles. The topological polar surface area (TPSA) is 58.6 Å². The fourth-order valence-corrected chi connectivity index (χ4v) is 1.70. The van der Waals surface area contributed by atoms with Crippen LogP contribution in [0.2, 0.25) is 0 Å². The summed E-state index contributed by atoms with van der Waals surface area (Å²) in [4.78, 5) is 11.6. The smallest absolute Gasteiger partial charge is 0.180 e. The van der Waals surface area contributed by atoms with Gasteiger partial charge in [0.25, 0.3) is 0 Å². The molecule has 0 unspecified atom stereocenters. The van der Waals surface area contributed by atoms with E-state index in [4.69, 9.17) is 4.74 Å². The van der Waals surface area contributed by atoms with Crippen LogP contribution in [0.3, 0.4) is 0 Å². The molecule has 1 aromatic carbocycles. The van der Waals surface area contributed by atoms with Gasteiger partial charge < -0.3 is 15.2 Å². The SMILES string of the molecule is CNCC(=O)c1ccc(Br)c(OC)c1O. The van der Waals surface area contributed by atoms with E-state index in [-0.39, 0.29) is 29.4 Å². The Morgan fingerprint density at radius 3 is 2.80 bits per heavy atom. The van der Waals surface area contributed by atoms with Gasteiger partial charge in [0.2, 0.25) is 0 Å². The minimum atomic E-state index is -0.180. The quantitative estimate of drug-likeness (QED) is 0.818. The number of hydrogen-bond donors (Lipinski definition) is 2. The standard InChI is InChI=1S/C10H12BrNO3/c1-12-5-8(13)6-3-4-7(11)10(15-2)9(6)14/h3-4,12,14H,5H2,1-2H3. The van der Waals surface area contributed by atoms with Crippen molar-refractivity contribution in [3.05, 3.63) is 22.2 Å². The third-order valence-electron chi connectivity index (χ3n) is 1.93. The Morgan fingerprint density at radius 2 is 2.27 bits per heavy atom. The number of aromatic hydroxyl groups is 1. The molecule has 0 fully saturated rings. The molecule has 15 heavy (non-hydrogen) atoms. The van der Waals surface area contributed by atoms with Gasteiger partial charge in [-0.25, -0.2) is 0 Å². The van der Waals surface area contributed by atoms with Gasteiger partial charge >= 0.3 is 0 Å². The summed E-state index contributed by atoms with van der Waals surface area (Å²) < 4.78 is 5.59. The van der Waals surface area contributed by atoms with E-state index >= 15 is 0 Å². The number of nitrogens with one attached hydrogen (secondary N) is 1. The van der Waals surface area contributed by atoms with Gasteiger partial charge in [-0.15, -0.1) is 0 Å². The van der Waals surface area contributed by atoms with E-state index < -0.39 is 0 Å². The van der Waals surface area contributed by atoms with Crippen molar-refractivity contribution in [3.8, 4) is 11.5 Å². The molecule has 2 N–H and O–H groups in total. The summed E-state index contributed by atoms with van der Waals surface area (Å²) in [6.45, 7) is 0.179. The van der Waals surface area contributed by atoms with Crippen LogP contribution in [0.15, 0.2) is 16.6 Å². The molecule has 0 aliphatic carbocycles. The first-order valence-electron chi connectivity index (χ1n) is 4.35. The normalized spacial score (nSPS) is 10.1. The van der Waals surface area contributed by atoms with Gasteiger partial charge in [0.15, 0.2) is 17.3 Å². The van der Waals surface area contributed by atoms with Crippen LogP contribution in [0.4, 0.5) is 0 Å². The number of halogens is 1. The highest BCUT2D eigenvalue weighted by atomic mass is 79.9. The number of benzene rings is 1. The van der Waals surface area contributed by atoms with E-state index in [1.165, 1.54) is 7.11 Å². The second kappa shape index (κ2) is 5.14. The molecule has 0 atom stereocenters. The van der Waals surface area contributed by atoms with E-state index in [0.717, 1.165) is 0 Å². The predicted molar refractivity (Wildman–Crippen MR) is 60.6 cm³/mol. The van der Waals surface area contributed by atoms with Crippen LogP contribution in [-0.4, -0.2) is 31.6 Å². The van der Waals surface area contributed by atoms with Crippen LogP contribution >= 0.6 is 15.9 Å². The maximum atomic E-state index is 11.6. The monoisotopic (exact) mass is 273 g/mol. The van der Waals surface area contributed by atoms with E-state index in [9.17, 15) is 9.90 Å². The summed E-state index contributed by atoms with van der Waals surface area (Å²) in [7, 11) is 3.11. The Labute approximate surface area is 96.4 Å². The minimum Gasteiger partial charge on any atom is -0.504 e. The number of hydrogen-bond acceptors (Lipinski definition) is 4. The van der Waals surface area contributed by atoms with Crippen molar-refractivity contribution in [2.45, 2.75) is 0 Å². The molecule has 0 saturated heterocycles. The number of likely N-dealkylation sites (N-methyl/N-ethyl adjacent to an activating group) is 1. The van der Waals surface area contributed by atoms with Crippen molar-refractivity contribution in [2.75, 3.05) is 20.7 Å². The van der Waals surface area contributed by atoms with E-state index in [1.807, 2.05) is 0 Å². The molecule has 5 heteroatoms. The zero-order chi connectivity index (χ0) is 11.4. The van der Waals surface area contributed by atoms with Crippen molar-refractivity contribution in [2.24, 2.45) is 0 Å². The molecule has 0 radical (unpaired) electrons. The Balaban J connectivity index is 3.15. The molecule has 0 aliphatic rings. The first-order chi connectivity index (χ1) is 7.11. The third kappa shape index (κ3) is 2.49. The Hall–Kier alpha value is -1.07. The number of carbonyl (C=O) groups excluding carboxylic acids is 1. The number of methoxy groups -OCH3 is 1. The molecule has 0 amide bonds. The second-order valence-electron chi connectivity index (χ2n) is 2.93. The van der Waals surface area contributed by atoms with Crippen LogP contribution in [-0.2, 0) is 0 Å². The van der Waals surface area contributed by atoms with Crippen molar-refractivity contribution < 1.29 is 14.6 Å². The number of ketones is 1. The number of Topliss-reactive ketones (excluding diaryl/α,β-unsaturated/α-hetero) is 1. The Kier molecular flexibility index (Phi) is 4.11.